The van der Waals surface area contributed by atoms with Crippen LogP contribution in [0, 0.1) is 18.3 Å². The van der Waals surface area contributed by atoms with E-state index in [0.29, 0.717) is 10.8 Å². The number of nitrogens with zero attached hydrogens (tertiary/aromatic N) is 2. The molecule has 0 aliphatic heterocycles. The monoisotopic (exact) mass is 346 g/mol. The predicted molar refractivity (Wildman–Crippen MR) is 88.7 cm³/mol. The number of carbonyl (C=O) groups excluding carboxylic acids is 1. The Morgan fingerprint density at radius 1 is 1.42 bits per heavy atom. The van der Waals surface area contributed by atoms with E-state index in [1.807, 2.05) is 0 Å². The van der Waals surface area contributed by atoms with Crippen LogP contribution in [-0.4, -0.2) is 21.6 Å². The van der Waals surface area contributed by atoms with Gasteiger partial charge in [-0.3, -0.25) is 14.2 Å². The summed E-state index contributed by atoms with van der Waals surface area (Å²) in [6, 6.07) is 8.43. The molecule has 1 atom stereocenters. The number of halogens is 1. The predicted octanol–water partition coefficient (Wildman–Crippen LogP) is 2.57. The third kappa shape index (κ3) is 2.99. The molecule has 0 fully saturated rings. The molecular weight excluding hydrogens is 332 g/mol. The number of hydrogen-bond acceptors (Lipinski definition) is 5. The molecular formula is C17H15ClN2O4. The second-order valence-corrected chi connectivity index (χ2v) is 5.64. The molecule has 0 saturated carbocycles. The molecule has 1 unspecified atom stereocenters. The van der Waals surface area contributed by atoms with Crippen LogP contribution in [0.2, 0.25) is 5.02 Å². The van der Waals surface area contributed by atoms with Gasteiger partial charge in [-0.2, -0.15) is 5.26 Å². The molecule has 1 N–H and O–H groups in total. The van der Waals surface area contributed by atoms with Crippen LogP contribution in [0.1, 0.15) is 28.4 Å². The number of carbonyl (C=O) groups is 1. The van der Waals surface area contributed by atoms with Gasteiger partial charge < -0.3 is 9.84 Å². The molecule has 24 heavy (non-hydrogen) atoms. The summed E-state index contributed by atoms with van der Waals surface area (Å²) in [5.74, 6) is -0.740. The number of ketones is 1. The number of rotatable bonds is 4. The molecule has 0 aliphatic rings. The quantitative estimate of drug-likeness (QED) is 0.859. The highest BCUT2D eigenvalue weighted by molar-refractivity contribution is 6.32. The van der Waals surface area contributed by atoms with Gasteiger partial charge in [0.2, 0.25) is 11.7 Å². The molecule has 0 bridgehead atoms. The van der Waals surface area contributed by atoms with E-state index in [-0.39, 0.29) is 16.7 Å². The molecule has 124 valence electrons. The van der Waals surface area contributed by atoms with Crippen molar-refractivity contribution in [2.24, 2.45) is 7.05 Å². The molecule has 6 nitrogen and oxygen atoms in total. The molecule has 2 rings (SSSR count). The van der Waals surface area contributed by atoms with E-state index >= 15 is 0 Å². The minimum atomic E-state index is -0.974. The lowest BCUT2D eigenvalue weighted by Crippen LogP contribution is -2.29. The average molecular weight is 347 g/mol. The molecule has 1 heterocycles. The lowest BCUT2D eigenvalue weighted by atomic mass is 9.99. The van der Waals surface area contributed by atoms with Crippen molar-refractivity contribution in [3.8, 4) is 17.7 Å². The van der Waals surface area contributed by atoms with Crippen molar-refractivity contribution in [1.29, 1.82) is 5.26 Å². The molecule has 0 amide bonds. The van der Waals surface area contributed by atoms with Crippen LogP contribution < -0.4 is 10.3 Å². The Hall–Kier alpha value is -2.78. The van der Waals surface area contributed by atoms with Crippen LogP contribution in [0.4, 0.5) is 0 Å². The zero-order valence-corrected chi connectivity index (χ0v) is 14.1. The minimum Gasteiger partial charge on any atom is -0.494 e. The number of benzene rings is 1. The first-order chi connectivity index (χ1) is 11.3. The van der Waals surface area contributed by atoms with E-state index in [2.05, 4.69) is 0 Å². The normalized spacial score (nSPS) is 11.6. The Labute approximate surface area is 143 Å². The standard InChI is InChI=1S/C17H15ClN2O4/c1-9-11(8-19)16(22)20(3)17(23)14(9)15(21)10(2)24-13-7-5-4-6-12(13)18/h4-7,10,23H,1-3H3. The number of aromatic hydroxyl groups is 1. The summed E-state index contributed by atoms with van der Waals surface area (Å²) in [5.41, 5.74) is -0.849. The van der Waals surface area contributed by atoms with Crippen molar-refractivity contribution in [1.82, 2.24) is 4.57 Å². The fourth-order valence-electron chi connectivity index (χ4n) is 2.30. The van der Waals surface area contributed by atoms with E-state index in [1.54, 1.807) is 30.3 Å². The van der Waals surface area contributed by atoms with Gasteiger partial charge in [0.1, 0.15) is 17.4 Å². The van der Waals surface area contributed by atoms with Gasteiger partial charge in [-0.1, -0.05) is 23.7 Å². The molecule has 2 aromatic rings. The summed E-state index contributed by atoms with van der Waals surface area (Å²) >= 11 is 6.00. The highest BCUT2D eigenvalue weighted by Crippen LogP contribution is 2.27. The van der Waals surface area contributed by atoms with E-state index in [0.717, 1.165) is 4.57 Å². The molecule has 0 radical (unpaired) electrons. The summed E-state index contributed by atoms with van der Waals surface area (Å²) in [5, 5.41) is 19.6. The van der Waals surface area contributed by atoms with Gasteiger partial charge in [-0.25, -0.2) is 0 Å². The zero-order chi connectivity index (χ0) is 18.0. The highest BCUT2D eigenvalue weighted by atomic mass is 35.5. The summed E-state index contributed by atoms with van der Waals surface area (Å²) in [6.07, 6.45) is -0.974. The van der Waals surface area contributed by atoms with Crippen molar-refractivity contribution in [2.75, 3.05) is 0 Å². The summed E-state index contributed by atoms with van der Waals surface area (Å²) in [4.78, 5) is 24.6. The van der Waals surface area contributed by atoms with Gasteiger partial charge in [0, 0.05) is 7.05 Å². The Kier molecular flexibility index (Phi) is 4.96. The van der Waals surface area contributed by atoms with Gasteiger partial charge in [0.05, 0.1) is 10.6 Å². The van der Waals surface area contributed by atoms with Gasteiger partial charge in [0.15, 0.2) is 6.10 Å². The van der Waals surface area contributed by atoms with Crippen molar-refractivity contribution >= 4 is 17.4 Å². The first-order valence-corrected chi connectivity index (χ1v) is 7.45. The van der Waals surface area contributed by atoms with Crippen LogP contribution in [0.3, 0.4) is 0 Å². The minimum absolute atomic E-state index is 0.117. The summed E-state index contributed by atoms with van der Waals surface area (Å²) in [7, 11) is 1.29. The Balaban J connectivity index is 2.47. The number of Topliss-reactive ketones (excluding diaryl/α,β-unsaturated/α-hetero) is 1. The van der Waals surface area contributed by atoms with Crippen molar-refractivity contribution in [3.63, 3.8) is 0 Å². The average Bonchev–Trinajstić information content (AvgIpc) is 2.55. The Morgan fingerprint density at radius 3 is 2.62 bits per heavy atom. The number of pyridine rings is 1. The molecule has 0 spiro atoms. The first kappa shape index (κ1) is 17.6. The fraction of sp³-hybridized carbons (Fsp3) is 0.235. The maximum absolute atomic E-state index is 12.7. The van der Waals surface area contributed by atoms with E-state index in [1.165, 1.54) is 20.9 Å². The second-order valence-electron chi connectivity index (χ2n) is 5.23. The summed E-state index contributed by atoms with van der Waals surface area (Å²) in [6.45, 7) is 2.94. The van der Waals surface area contributed by atoms with Crippen molar-refractivity contribution < 1.29 is 14.6 Å². The molecule has 0 saturated heterocycles. The second kappa shape index (κ2) is 6.77. The van der Waals surface area contributed by atoms with Crippen LogP contribution in [0.25, 0.3) is 0 Å². The first-order valence-electron chi connectivity index (χ1n) is 7.07. The van der Waals surface area contributed by atoms with Gasteiger partial charge >= 0.3 is 0 Å². The number of hydrogen-bond donors (Lipinski definition) is 1. The maximum atomic E-state index is 12.7. The SMILES string of the molecule is Cc1c(C(=O)C(C)Oc2ccccc2Cl)c(O)n(C)c(=O)c1C#N. The maximum Gasteiger partial charge on any atom is 0.271 e. The number of aromatic nitrogens is 1. The largest absolute Gasteiger partial charge is 0.494 e. The number of ether oxygens (including phenoxy) is 1. The third-order valence-electron chi connectivity index (χ3n) is 3.68. The number of para-hydroxylation sites is 1. The molecule has 0 aliphatic carbocycles. The summed E-state index contributed by atoms with van der Waals surface area (Å²) < 4.78 is 6.41. The molecule has 7 heteroatoms. The highest BCUT2D eigenvalue weighted by Gasteiger charge is 2.27. The van der Waals surface area contributed by atoms with E-state index < -0.39 is 23.3 Å². The van der Waals surface area contributed by atoms with E-state index in [4.69, 9.17) is 21.6 Å². The van der Waals surface area contributed by atoms with Crippen molar-refractivity contribution in [3.05, 3.63) is 56.3 Å². The molecule has 1 aromatic heterocycles. The Bertz CT molecular complexity index is 912. The third-order valence-corrected chi connectivity index (χ3v) is 3.99. The Morgan fingerprint density at radius 2 is 2.04 bits per heavy atom. The zero-order valence-electron chi connectivity index (χ0n) is 13.3. The van der Waals surface area contributed by atoms with Crippen LogP contribution in [0.5, 0.6) is 11.6 Å². The van der Waals surface area contributed by atoms with Crippen LogP contribution >= 0.6 is 11.6 Å². The van der Waals surface area contributed by atoms with Crippen molar-refractivity contribution in [2.45, 2.75) is 20.0 Å². The molecule has 1 aromatic carbocycles. The van der Waals surface area contributed by atoms with Gasteiger partial charge in [-0.05, 0) is 31.5 Å². The topological polar surface area (TPSA) is 92.3 Å². The lowest BCUT2D eigenvalue weighted by molar-refractivity contribution is 0.0813. The number of nitriles is 1. The fourth-order valence-corrected chi connectivity index (χ4v) is 2.48. The van der Waals surface area contributed by atoms with Gasteiger partial charge in [0.25, 0.3) is 5.56 Å². The lowest BCUT2D eigenvalue weighted by Gasteiger charge is -2.18. The van der Waals surface area contributed by atoms with Crippen LogP contribution in [-0.2, 0) is 7.05 Å². The van der Waals surface area contributed by atoms with Gasteiger partial charge in [-0.15, -0.1) is 0 Å². The smallest absolute Gasteiger partial charge is 0.271 e. The van der Waals surface area contributed by atoms with Crippen LogP contribution in [0.15, 0.2) is 29.1 Å². The van der Waals surface area contributed by atoms with E-state index in [9.17, 15) is 14.7 Å².